The van der Waals surface area contributed by atoms with Crippen LogP contribution in [-0.2, 0) is 20.9 Å². The van der Waals surface area contributed by atoms with Crippen LogP contribution in [0.1, 0.15) is 16.4 Å². The molecule has 1 N–H and O–H groups in total. The van der Waals surface area contributed by atoms with Crippen molar-refractivity contribution >= 4 is 75.4 Å². The monoisotopic (exact) mass is 643 g/mol. The first-order valence-corrected chi connectivity index (χ1v) is 15.0. The lowest BCUT2D eigenvalue weighted by molar-refractivity contribution is -0.122. The quantitative estimate of drug-likeness (QED) is 0.267. The lowest BCUT2D eigenvalue weighted by Gasteiger charge is -2.30. The molecule has 13 heteroatoms. The molecule has 4 aromatic rings. The van der Waals surface area contributed by atoms with Crippen LogP contribution in [0.4, 0.5) is 15.8 Å². The Morgan fingerprint density at radius 3 is 2.36 bits per heavy atom. The van der Waals surface area contributed by atoms with Crippen molar-refractivity contribution in [1.29, 1.82) is 0 Å². The van der Waals surface area contributed by atoms with E-state index in [0.29, 0.717) is 31.9 Å². The van der Waals surface area contributed by atoms with Crippen molar-refractivity contribution in [1.82, 2.24) is 4.57 Å². The first kappa shape index (κ1) is 28.5. The van der Waals surface area contributed by atoms with Crippen LogP contribution >= 0.6 is 46.3 Å². The Morgan fingerprint density at radius 1 is 0.976 bits per heavy atom. The molecule has 0 spiro atoms. The molecule has 6 rings (SSSR count). The van der Waals surface area contributed by atoms with Gasteiger partial charge in [-0.15, -0.1) is 0 Å². The fourth-order valence-corrected chi connectivity index (χ4v) is 8.26. The van der Waals surface area contributed by atoms with Crippen LogP contribution in [0.15, 0.2) is 76.6 Å². The Balaban J connectivity index is 1.40. The van der Waals surface area contributed by atoms with Gasteiger partial charge in [0.15, 0.2) is 0 Å². The summed E-state index contributed by atoms with van der Waals surface area (Å²) in [5.74, 6) is -2.77. The molecule has 0 saturated carbocycles. The van der Waals surface area contributed by atoms with Crippen molar-refractivity contribution in [3.05, 3.63) is 103 Å². The third kappa shape index (κ3) is 5.00. The molecule has 0 bridgehead atoms. The number of imide groups is 1. The minimum Gasteiger partial charge on any atom is -0.497 e. The standard InChI is InChI=1S/C29H20Cl2FN3O5S2/c1-40-18-9-2-14(3-10-18)22-23-24(27(38)35(26(23)37)17-7-4-15(32)5-8-17)41-28-25(22)42-29(39)34(28)13-21(36)33-16-6-11-19(30)20(31)12-16/h2-12,22-24H,13H2,1H3,(H,33,36). The highest BCUT2D eigenvalue weighted by Crippen LogP contribution is 2.54. The summed E-state index contributed by atoms with van der Waals surface area (Å²) in [5.41, 5.74) is 1.38. The summed E-state index contributed by atoms with van der Waals surface area (Å²) in [7, 11) is 1.54. The molecule has 1 fully saturated rings. The summed E-state index contributed by atoms with van der Waals surface area (Å²) < 4.78 is 20.2. The molecular formula is C29H20Cl2FN3O5S2. The van der Waals surface area contributed by atoms with Crippen LogP contribution in [0.5, 0.6) is 5.75 Å². The van der Waals surface area contributed by atoms with E-state index in [1.807, 2.05) is 0 Å². The van der Waals surface area contributed by atoms with Gasteiger partial charge in [0, 0.05) is 16.5 Å². The van der Waals surface area contributed by atoms with E-state index in [0.717, 1.165) is 28.0 Å². The molecule has 1 saturated heterocycles. The van der Waals surface area contributed by atoms with Gasteiger partial charge in [0.25, 0.3) is 0 Å². The second kappa shape index (κ2) is 11.2. The molecule has 3 aromatic carbocycles. The number of hydrogen-bond acceptors (Lipinski definition) is 7. The number of thioether (sulfide) groups is 1. The van der Waals surface area contributed by atoms with E-state index in [-0.39, 0.29) is 17.3 Å². The van der Waals surface area contributed by atoms with Gasteiger partial charge in [-0.1, -0.05) is 58.4 Å². The van der Waals surface area contributed by atoms with Crippen LogP contribution < -0.4 is 19.8 Å². The van der Waals surface area contributed by atoms with Crippen LogP contribution in [-0.4, -0.2) is 34.6 Å². The van der Waals surface area contributed by atoms with Crippen LogP contribution in [0.3, 0.4) is 0 Å². The number of carbonyl (C=O) groups excluding carboxylic acids is 3. The molecule has 3 amide bonds. The molecule has 0 radical (unpaired) electrons. The van der Waals surface area contributed by atoms with E-state index >= 15 is 0 Å². The number of nitrogens with zero attached hydrogens (tertiary/aromatic N) is 2. The number of thiazole rings is 1. The van der Waals surface area contributed by atoms with Gasteiger partial charge in [-0.3, -0.25) is 23.7 Å². The number of hydrogen-bond donors (Lipinski definition) is 1. The molecule has 3 atom stereocenters. The number of carbonyl (C=O) groups is 3. The summed E-state index contributed by atoms with van der Waals surface area (Å²) in [6, 6.07) is 16.9. The van der Waals surface area contributed by atoms with Gasteiger partial charge in [-0.05, 0) is 60.2 Å². The van der Waals surface area contributed by atoms with E-state index in [2.05, 4.69) is 5.32 Å². The van der Waals surface area contributed by atoms with E-state index in [9.17, 15) is 23.6 Å². The van der Waals surface area contributed by atoms with Crippen molar-refractivity contribution in [2.45, 2.75) is 22.7 Å². The number of rotatable bonds is 6. The molecule has 2 aliphatic rings. The maximum atomic E-state index is 13.9. The number of fused-ring (bicyclic) bond motifs is 2. The van der Waals surface area contributed by atoms with Crippen molar-refractivity contribution in [2.24, 2.45) is 5.92 Å². The molecule has 8 nitrogen and oxygen atoms in total. The summed E-state index contributed by atoms with van der Waals surface area (Å²) in [4.78, 5) is 55.2. The Hall–Kier alpha value is -3.64. The maximum absolute atomic E-state index is 13.9. The molecule has 2 aliphatic heterocycles. The highest BCUT2D eigenvalue weighted by molar-refractivity contribution is 8.00. The Kier molecular flexibility index (Phi) is 7.61. The van der Waals surface area contributed by atoms with Crippen LogP contribution in [0.25, 0.3) is 0 Å². The summed E-state index contributed by atoms with van der Waals surface area (Å²) in [5, 5.41) is 2.88. The minimum absolute atomic E-state index is 0.261. The zero-order valence-electron chi connectivity index (χ0n) is 21.7. The summed E-state index contributed by atoms with van der Waals surface area (Å²) in [6.45, 7) is -0.325. The molecular weight excluding hydrogens is 624 g/mol. The molecule has 214 valence electrons. The second-order valence-corrected chi connectivity index (χ2v) is 12.5. The first-order chi connectivity index (χ1) is 20.2. The number of ether oxygens (including phenoxy) is 1. The number of amides is 3. The first-order valence-electron chi connectivity index (χ1n) is 12.6. The highest BCUT2D eigenvalue weighted by Gasteiger charge is 2.56. The second-order valence-electron chi connectivity index (χ2n) is 9.60. The van der Waals surface area contributed by atoms with Gasteiger partial charge in [0.1, 0.15) is 23.4 Å². The van der Waals surface area contributed by atoms with E-state index in [4.69, 9.17) is 27.9 Å². The number of aromatic nitrogens is 1. The van der Waals surface area contributed by atoms with Gasteiger partial charge in [0.2, 0.25) is 17.7 Å². The zero-order valence-corrected chi connectivity index (χ0v) is 24.8. The molecule has 3 unspecified atom stereocenters. The zero-order chi connectivity index (χ0) is 29.7. The Labute approximate surface area is 257 Å². The summed E-state index contributed by atoms with van der Waals surface area (Å²) in [6.07, 6.45) is 0. The van der Waals surface area contributed by atoms with Crippen molar-refractivity contribution in [2.75, 3.05) is 17.3 Å². The number of anilines is 2. The van der Waals surface area contributed by atoms with E-state index in [1.54, 1.807) is 36.4 Å². The van der Waals surface area contributed by atoms with Gasteiger partial charge in [0.05, 0.1) is 33.8 Å². The third-order valence-corrected chi connectivity index (χ3v) is 10.5. The van der Waals surface area contributed by atoms with Crippen LogP contribution in [0, 0.1) is 11.7 Å². The Bertz CT molecular complexity index is 1790. The smallest absolute Gasteiger partial charge is 0.308 e. The van der Waals surface area contributed by atoms with Crippen LogP contribution in [0.2, 0.25) is 10.0 Å². The van der Waals surface area contributed by atoms with Crippen molar-refractivity contribution in [3.8, 4) is 5.75 Å². The summed E-state index contributed by atoms with van der Waals surface area (Å²) >= 11 is 14.1. The number of halogens is 3. The molecule has 3 heterocycles. The average molecular weight is 645 g/mol. The van der Waals surface area contributed by atoms with Gasteiger partial charge in [-0.2, -0.15) is 0 Å². The third-order valence-electron chi connectivity index (χ3n) is 7.11. The fraction of sp³-hybridized carbons (Fsp3) is 0.172. The SMILES string of the molecule is COc1ccc(C2c3sc(=O)n(CC(=O)Nc4ccc(Cl)c(Cl)c4)c3SC3C(=O)N(c4ccc(F)cc4)C(=O)C32)cc1. The number of benzene rings is 3. The fourth-order valence-electron chi connectivity index (χ4n) is 5.19. The minimum atomic E-state index is -0.875. The topological polar surface area (TPSA) is 97.7 Å². The molecule has 1 aromatic heterocycles. The van der Waals surface area contributed by atoms with E-state index < -0.39 is 45.5 Å². The predicted molar refractivity (Wildman–Crippen MR) is 161 cm³/mol. The number of methoxy groups -OCH3 is 1. The van der Waals surface area contributed by atoms with Crippen molar-refractivity contribution < 1.29 is 23.5 Å². The number of nitrogens with one attached hydrogen (secondary N) is 1. The van der Waals surface area contributed by atoms with Crippen molar-refractivity contribution in [3.63, 3.8) is 0 Å². The van der Waals surface area contributed by atoms with E-state index in [1.165, 1.54) is 42.0 Å². The molecule has 42 heavy (non-hydrogen) atoms. The normalized spacial score (nSPS) is 19.4. The average Bonchev–Trinajstić information content (AvgIpc) is 3.41. The predicted octanol–water partition coefficient (Wildman–Crippen LogP) is 5.80. The van der Waals surface area contributed by atoms with Gasteiger partial charge in [-0.25, -0.2) is 9.29 Å². The van der Waals surface area contributed by atoms with Gasteiger partial charge >= 0.3 is 4.87 Å². The lowest BCUT2D eigenvalue weighted by atomic mass is 9.83. The highest BCUT2D eigenvalue weighted by atomic mass is 35.5. The molecule has 0 aliphatic carbocycles. The largest absolute Gasteiger partial charge is 0.497 e. The maximum Gasteiger partial charge on any atom is 0.308 e. The lowest BCUT2D eigenvalue weighted by Crippen LogP contribution is -2.33. The van der Waals surface area contributed by atoms with Gasteiger partial charge < -0.3 is 10.1 Å². The Morgan fingerprint density at radius 2 is 1.69 bits per heavy atom.